The number of likely N-dealkylation sites (tertiary alicyclic amines) is 1. The second-order valence-corrected chi connectivity index (χ2v) is 5.68. The first kappa shape index (κ1) is 13.8. The van der Waals surface area contributed by atoms with Crippen LogP contribution in [-0.4, -0.2) is 38.7 Å². The molecule has 21 heavy (non-hydrogen) atoms. The van der Waals surface area contributed by atoms with E-state index in [4.69, 9.17) is 0 Å². The third-order valence-electron chi connectivity index (χ3n) is 4.32. The van der Waals surface area contributed by atoms with E-state index >= 15 is 0 Å². The normalized spacial score (nSPS) is 19.7. The van der Waals surface area contributed by atoms with Gasteiger partial charge in [-0.05, 0) is 31.4 Å². The molecule has 110 valence electrons. The maximum absolute atomic E-state index is 12.5. The van der Waals surface area contributed by atoms with Gasteiger partial charge >= 0.3 is 0 Å². The molecule has 1 aromatic carbocycles. The lowest BCUT2D eigenvalue weighted by atomic mass is 9.94. The molecule has 1 amide bonds. The van der Waals surface area contributed by atoms with Crippen molar-refractivity contribution in [2.45, 2.75) is 32.2 Å². The van der Waals surface area contributed by atoms with Crippen LogP contribution < -0.4 is 0 Å². The number of carbonyl (C=O) groups is 1. The molecule has 0 aliphatic carbocycles. The Kier molecular flexibility index (Phi) is 3.73. The van der Waals surface area contributed by atoms with Gasteiger partial charge in [-0.2, -0.15) is 5.10 Å². The summed E-state index contributed by atoms with van der Waals surface area (Å²) in [6.07, 6.45) is 4.09. The fourth-order valence-electron chi connectivity index (χ4n) is 3.05. The summed E-state index contributed by atoms with van der Waals surface area (Å²) >= 11 is 0. The molecule has 0 spiro atoms. The largest absolute Gasteiger partial charge is 0.340 e. The fraction of sp³-hybridized carbons (Fsp3) is 0.438. The van der Waals surface area contributed by atoms with Crippen LogP contribution in [0.25, 0.3) is 0 Å². The van der Waals surface area contributed by atoms with Gasteiger partial charge < -0.3 is 4.90 Å². The van der Waals surface area contributed by atoms with Crippen LogP contribution in [-0.2, 0) is 4.79 Å². The van der Waals surface area contributed by atoms with Crippen LogP contribution in [0.4, 0.5) is 0 Å². The second-order valence-electron chi connectivity index (χ2n) is 5.68. The van der Waals surface area contributed by atoms with E-state index in [9.17, 15) is 4.79 Å². The van der Waals surface area contributed by atoms with Crippen molar-refractivity contribution in [2.75, 3.05) is 13.1 Å². The predicted octanol–water partition coefficient (Wildman–Crippen LogP) is 2.16. The van der Waals surface area contributed by atoms with E-state index in [1.807, 2.05) is 11.8 Å². The molecule has 0 bridgehead atoms. The molecule has 1 aliphatic rings. The van der Waals surface area contributed by atoms with Gasteiger partial charge in [0.1, 0.15) is 18.7 Å². The first-order valence-corrected chi connectivity index (χ1v) is 7.35. The van der Waals surface area contributed by atoms with Gasteiger partial charge in [-0.1, -0.05) is 24.3 Å². The van der Waals surface area contributed by atoms with E-state index in [-0.39, 0.29) is 11.9 Å². The van der Waals surface area contributed by atoms with Crippen LogP contribution >= 0.6 is 0 Å². The zero-order valence-corrected chi connectivity index (χ0v) is 12.4. The Balaban J connectivity index is 1.70. The van der Waals surface area contributed by atoms with Crippen molar-refractivity contribution in [3.05, 3.63) is 48.0 Å². The summed E-state index contributed by atoms with van der Waals surface area (Å²) in [7, 11) is 0. The molecule has 1 aliphatic heterocycles. The van der Waals surface area contributed by atoms with Crippen molar-refractivity contribution in [3.63, 3.8) is 0 Å². The van der Waals surface area contributed by atoms with Crippen molar-refractivity contribution >= 4 is 5.91 Å². The number of aryl methyl sites for hydroxylation is 1. The molecule has 5 nitrogen and oxygen atoms in total. The molecule has 1 fully saturated rings. The number of amides is 1. The Morgan fingerprint density at radius 3 is 2.90 bits per heavy atom. The highest BCUT2D eigenvalue weighted by atomic mass is 16.2. The highest BCUT2D eigenvalue weighted by Gasteiger charge is 2.31. The minimum absolute atomic E-state index is 0.122. The third-order valence-corrected chi connectivity index (χ3v) is 4.32. The molecule has 1 aromatic heterocycles. The molecule has 0 N–H and O–H groups in total. The Labute approximate surface area is 124 Å². The number of nitrogens with zero attached hydrogens (tertiary/aromatic N) is 4. The van der Waals surface area contributed by atoms with Crippen LogP contribution in [0.1, 0.15) is 36.4 Å². The van der Waals surface area contributed by atoms with Gasteiger partial charge in [0.2, 0.25) is 5.91 Å². The summed E-state index contributed by atoms with van der Waals surface area (Å²) in [5, 5.41) is 4.06. The molecule has 2 aromatic rings. The Morgan fingerprint density at radius 2 is 2.19 bits per heavy atom. The quantitative estimate of drug-likeness (QED) is 0.868. The van der Waals surface area contributed by atoms with Crippen LogP contribution in [0.5, 0.6) is 0 Å². The van der Waals surface area contributed by atoms with E-state index in [2.05, 4.69) is 41.3 Å². The zero-order chi connectivity index (χ0) is 14.8. The van der Waals surface area contributed by atoms with E-state index in [0.717, 1.165) is 19.5 Å². The number of rotatable bonds is 3. The number of aromatic nitrogens is 3. The average molecular weight is 284 g/mol. The highest BCUT2D eigenvalue weighted by molar-refractivity contribution is 5.80. The van der Waals surface area contributed by atoms with Gasteiger partial charge in [-0.25, -0.2) is 9.67 Å². The third kappa shape index (κ3) is 2.68. The molecule has 3 rings (SSSR count). The summed E-state index contributed by atoms with van der Waals surface area (Å²) in [4.78, 5) is 18.4. The van der Waals surface area contributed by atoms with Gasteiger partial charge in [-0.15, -0.1) is 0 Å². The first-order valence-electron chi connectivity index (χ1n) is 7.35. The molecule has 2 atom stereocenters. The SMILES string of the molecule is Cc1ccccc1[C@@H]1CCN(C(=O)[C@@H](C)n2cncn2)C1. The fourth-order valence-corrected chi connectivity index (χ4v) is 3.05. The van der Waals surface area contributed by atoms with Crippen LogP contribution in [0.15, 0.2) is 36.9 Å². The van der Waals surface area contributed by atoms with E-state index in [0.29, 0.717) is 5.92 Å². The second kappa shape index (κ2) is 5.68. The van der Waals surface area contributed by atoms with Crippen molar-refractivity contribution in [2.24, 2.45) is 0 Å². The molecule has 5 heteroatoms. The maximum atomic E-state index is 12.5. The van der Waals surface area contributed by atoms with Crippen LogP contribution in [0.2, 0.25) is 0 Å². The number of hydrogen-bond donors (Lipinski definition) is 0. The van der Waals surface area contributed by atoms with Crippen molar-refractivity contribution in [3.8, 4) is 0 Å². The molecule has 2 heterocycles. The van der Waals surface area contributed by atoms with Crippen molar-refractivity contribution < 1.29 is 4.79 Å². The van der Waals surface area contributed by atoms with Gasteiger partial charge in [-0.3, -0.25) is 4.79 Å². The maximum Gasteiger partial charge on any atom is 0.247 e. The number of carbonyl (C=O) groups excluding carboxylic acids is 1. The van der Waals surface area contributed by atoms with Gasteiger partial charge in [0.25, 0.3) is 0 Å². The van der Waals surface area contributed by atoms with E-state index < -0.39 is 0 Å². The summed E-state index contributed by atoms with van der Waals surface area (Å²) in [5.74, 6) is 0.565. The minimum atomic E-state index is -0.289. The van der Waals surface area contributed by atoms with Crippen LogP contribution in [0, 0.1) is 6.92 Å². The topological polar surface area (TPSA) is 51.0 Å². The van der Waals surface area contributed by atoms with Crippen molar-refractivity contribution in [1.29, 1.82) is 0 Å². The lowest BCUT2D eigenvalue weighted by Gasteiger charge is -2.21. The first-order chi connectivity index (χ1) is 10.2. The molecule has 0 unspecified atom stereocenters. The summed E-state index contributed by atoms with van der Waals surface area (Å²) in [6, 6.07) is 8.16. The van der Waals surface area contributed by atoms with Crippen LogP contribution in [0.3, 0.4) is 0 Å². The lowest BCUT2D eigenvalue weighted by Crippen LogP contribution is -2.34. The lowest BCUT2D eigenvalue weighted by molar-refractivity contribution is -0.133. The van der Waals surface area contributed by atoms with E-state index in [1.165, 1.54) is 17.5 Å². The number of benzene rings is 1. The van der Waals surface area contributed by atoms with E-state index in [1.54, 1.807) is 11.0 Å². The van der Waals surface area contributed by atoms with Gasteiger partial charge in [0, 0.05) is 19.0 Å². The Bertz CT molecular complexity index is 623. The molecular formula is C16H20N4O. The van der Waals surface area contributed by atoms with Gasteiger partial charge in [0.05, 0.1) is 0 Å². The Morgan fingerprint density at radius 1 is 1.38 bits per heavy atom. The monoisotopic (exact) mass is 284 g/mol. The number of hydrogen-bond acceptors (Lipinski definition) is 3. The molecule has 1 saturated heterocycles. The molecule has 0 saturated carbocycles. The summed E-state index contributed by atoms with van der Waals surface area (Å²) < 4.78 is 1.61. The minimum Gasteiger partial charge on any atom is -0.340 e. The summed E-state index contributed by atoms with van der Waals surface area (Å²) in [5.41, 5.74) is 2.67. The molecule has 0 radical (unpaired) electrons. The predicted molar refractivity (Wildman–Crippen MR) is 79.9 cm³/mol. The van der Waals surface area contributed by atoms with Crippen molar-refractivity contribution in [1.82, 2.24) is 19.7 Å². The van der Waals surface area contributed by atoms with Gasteiger partial charge in [0.15, 0.2) is 0 Å². The molecular weight excluding hydrogens is 264 g/mol. The Hall–Kier alpha value is -2.17. The zero-order valence-electron chi connectivity index (χ0n) is 12.4. The summed E-state index contributed by atoms with van der Waals surface area (Å²) in [6.45, 7) is 5.62. The smallest absolute Gasteiger partial charge is 0.247 e. The standard InChI is InChI=1S/C16H20N4O/c1-12-5-3-4-6-15(12)14-7-8-19(9-14)16(21)13(2)20-11-17-10-18-20/h3-6,10-11,13-14H,7-9H2,1-2H3/t13-,14-/m1/s1. The average Bonchev–Trinajstić information content (AvgIpc) is 3.17. The highest BCUT2D eigenvalue weighted by Crippen LogP contribution is 2.30.